The number of benzene rings is 1. The van der Waals surface area contributed by atoms with Crippen molar-refractivity contribution in [2.75, 3.05) is 12.4 Å². The van der Waals surface area contributed by atoms with Gasteiger partial charge in [-0.1, -0.05) is 12.1 Å². The Bertz CT molecular complexity index is 886. The van der Waals surface area contributed by atoms with Crippen LogP contribution in [0.3, 0.4) is 0 Å². The van der Waals surface area contributed by atoms with E-state index in [1.54, 1.807) is 21.0 Å². The van der Waals surface area contributed by atoms with Crippen molar-refractivity contribution in [1.82, 2.24) is 4.98 Å². The molecule has 29 heavy (non-hydrogen) atoms. The quantitative estimate of drug-likeness (QED) is 0.573. The fourth-order valence-corrected chi connectivity index (χ4v) is 3.10. The molecule has 0 aliphatic rings. The highest BCUT2D eigenvalue weighted by molar-refractivity contribution is 5.88. The zero-order valence-electron chi connectivity index (χ0n) is 17.8. The molecule has 156 valence electrons. The van der Waals surface area contributed by atoms with Crippen LogP contribution in [0, 0.1) is 19.3 Å². The molecule has 1 aromatic carbocycles. The monoisotopic (exact) mass is 399 g/mol. The number of carbonyl (C=O) groups is 1. The van der Waals surface area contributed by atoms with Crippen LogP contribution in [0.2, 0.25) is 0 Å². The molecule has 0 aliphatic heterocycles. The Balaban J connectivity index is 2.38. The van der Waals surface area contributed by atoms with Crippen LogP contribution in [0.1, 0.15) is 54.8 Å². The Morgan fingerprint density at radius 2 is 1.90 bits per heavy atom. The van der Waals surface area contributed by atoms with E-state index in [-0.39, 0.29) is 0 Å². The van der Waals surface area contributed by atoms with E-state index in [9.17, 15) is 9.90 Å². The van der Waals surface area contributed by atoms with E-state index in [2.05, 4.69) is 10.3 Å². The topological polar surface area (TPSA) is 105 Å². The van der Waals surface area contributed by atoms with Gasteiger partial charge < -0.3 is 25.3 Å². The molecule has 0 radical (unpaired) electrons. The number of hydrogen-bond acceptors (Lipinski definition) is 6. The minimum absolute atomic E-state index is 0.487. The molecule has 0 amide bonds. The molecule has 1 aromatic heterocycles. The van der Waals surface area contributed by atoms with E-state index in [1.807, 2.05) is 45.0 Å². The normalized spacial score (nSPS) is 12.3. The van der Waals surface area contributed by atoms with Crippen molar-refractivity contribution in [3.63, 3.8) is 0 Å². The van der Waals surface area contributed by atoms with Crippen molar-refractivity contribution in [2.24, 2.45) is 0 Å². The summed E-state index contributed by atoms with van der Waals surface area (Å²) in [6.45, 7) is 9.49. The summed E-state index contributed by atoms with van der Waals surface area (Å²) in [4.78, 5) is 16.5. The van der Waals surface area contributed by atoms with Gasteiger partial charge in [-0.25, -0.2) is 9.78 Å². The summed E-state index contributed by atoms with van der Waals surface area (Å²) in [6.07, 6.45) is 0.0364. The fourth-order valence-electron chi connectivity index (χ4n) is 3.10. The van der Waals surface area contributed by atoms with Crippen LogP contribution in [-0.4, -0.2) is 35.0 Å². The SMILES string of the molecule is COc1ccc(CNc2nc(C)c(C(OC(C)(C)C)C(=O)O)c(C)c2C=N)cc1. The average Bonchev–Trinajstić information content (AvgIpc) is 2.64. The largest absolute Gasteiger partial charge is 0.497 e. The van der Waals surface area contributed by atoms with Crippen LogP contribution >= 0.6 is 0 Å². The van der Waals surface area contributed by atoms with Gasteiger partial charge >= 0.3 is 5.97 Å². The Kier molecular flexibility index (Phi) is 6.97. The van der Waals surface area contributed by atoms with Crippen molar-refractivity contribution < 1.29 is 19.4 Å². The predicted octanol–water partition coefficient (Wildman–Crippen LogP) is 4.26. The summed E-state index contributed by atoms with van der Waals surface area (Å²) >= 11 is 0. The van der Waals surface area contributed by atoms with Crippen molar-refractivity contribution in [3.05, 3.63) is 52.2 Å². The second-order valence-electron chi connectivity index (χ2n) is 7.79. The predicted molar refractivity (Wildman–Crippen MR) is 113 cm³/mol. The van der Waals surface area contributed by atoms with Crippen molar-refractivity contribution in [2.45, 2.75) is 52.9 Å². The van der Waals surface area contributed by atoms with Crippen LogP contribution in [0.4, 0.5) is 5.82 Å². The molecular weight excluding hydrogens is 370 g/mol. The number of methoxy groups -OCH3 is 1. The third-order valence-corrected chi connectivity index (χ3v) is 4.45. The van der Waals surface area contributed by atoms with Gasteiger partial charge in [-0.3, -0.25) is 0 Å². The molecule has 2 rings (SSSR count). The van der Waals surface area contributed by atoms with E-state index >= 15 is 0 Å². The first-order valence-corrected chi connectivity index (χ1v) is 9.36. The van der Waals surface area contributed by atoms with Gasteiger partial charge in [0.05, 0.1) is 12.7 Å². The number of aryl methyl sites for hydroxylation is 1. The van der Waals surface area contributed by atoms with E-state index in [0.717, 1.165) is 11.3 Å². The molecule has 0 spiro atoms. The molecule has 3 N–H and O–H groups in total. The number of hydrogen-bond donors (Lipinski definition) is 3. The number of aromatic nitrogens is 1. The van der Waals surface area contributed by atoms with Crippen molar-refractivity contribution in [3.8, 4) is 5.75 Å². The molecule has 7 heteroatoms. The maximum atomic E-state index is 11.9. The second kappa shape index (κ2) is 9.05. The van der Waals surface area contributed by atoms with E-state index in [4.69, 9.17) is 14.9 Å². The van der Waals surface area contributed by atoms with Gasteiger partial charge in [-0.15, -0.1) is 0 Å². The highest BCUT2D eigenvalue weighted by atomic mass is 16.5. The third-order valence-electron chi connectivity index (χ3n) is 4.45. The van der Waals surface area contributed by atoms with Gasteiger partial charge in [-0.2, -0.15) is 0 Å². The van der Waals surface area contributed by atoms with E-state index in [0.29, 0.717) is 34.7 Å². The third kappa shape index (κ3) is 5.54. The van der Waals surface area contributed by atoms with Crippen LogP contribution in [0.5, 0.6) is 5.75 Å². The molecule has 1 unspecified atom stereocenters. The zero-order valence-corrected chi connectivity index (χ0v) is 17.8. The Morgan fingerprint density at radius 1 is 1.28 bits per heavy atom. The van der Waals surface area contributed by atoms with Gasteiger partial charge in [-0.05, 0) is 57.9 Å². The Labute approximate surface area is 171 Å². The number of nitrogens with zero attached hydrogens (tertiary/aromatic N) is 1. The summed E-state index contributed by atoms with van der Waals surface area (Å²) in [7, 11) is 1.62. The summed E-state index contributed by atoms with van der Waals surface area (Å²) < 4.78 is 11.0. The summed E-state index contributed by atoms with van der Waals surface area (Å²) in [5.74, 6) is 0.235. The number of aliphatic carboxylic acids is 1. The number of carboxylic acid groups (broad SMARTS) is 1. The van der Waals surface area contributed by atoms with Gasteiger partial charge in [0.15, 0.2) is 6.10 Å². The zero-order chi connectivity index (χ0) is 21.8. The molecule has 0 aliphatic carbocycles. The van der Waals surface area contributed by atoms with Gasteiger partial charge in [0.25, 0.3) is 0 Å². The van der Waals surface area contributed by atoms with Crippen LogP contribution < -0.4 is 10.1 Å². The number of anilines is 1. The van der Waals surface area contributed by atoms with Gasteiger partial charge in [0.2, 0.25) is 0 Å². The first-order chi connectivity index (χ1) is 13.6. The summed E-state index contributed by atoms with van der Waals surface area (Å²) in [5, 5.41) is 20.8. The summed E-state index contributed by atoms with van der Waals surface area (Å²) in [6, 6.07) is 7.65. The number of pyridine rings is 1. The molecule has 0 bridgehead atoms. The highest BCUT2D eigenvalue weighted by Crippen LogP contribution is 2.32. The summed E-state index contributed by atoms with van der Waals surface area (Å²) in [5.41, 5.74) is 2.65. The minimum atomic E-state index is -1.16. The molecule has 1 heterocycles. The molecule has 2 aromatic rings. The first kappa shape index (κ1) is 22.4. The fraction of sp³-hybridized carbons (Fsp3) is 0.409. The second-order valence-corrected chi connectivity index (χ2v) is 7.79. The van der Waals surface area contributed by atoms with Crippen LogP contribution in [-0.2, 0) is 16.1 Å². The molecule has 0 saturated heterocycles. The molecule has 0 saturated carbocycles. The first-order valence-electron chi connectivity index (χ1n) is 9.36. The molecule has 0 fully saturated rings. The lowest BCUT2D eigenvalue weighted by Gasteiger charge is -2.28. The number of rotatable bonds is 8. The maximum Gasteiger partial charge on any atom is 0.337 e. The number of carboxylic acids is 1. The molecular formula is C22H29N3O4. The van der Waals surface area contributed by atoms with Crippen LogP contribution in [0.25, 0.3) is 0 Å². The average molecular weight is 399 g/mol. The van der Waals surface area contributed by atoms with E-state index in [1.165, 1.54) is 6.21 Å². The minimum Gasteiger partial charge on any atom is -0.497 e. The van der Waals surface area contributed by atoms with Gasteiger partial charge in [0.1, 0.15) is 11.6 Å². The van der Waals surface area contributed by atoms with E-state index < -0.39 is 17.7 Å². The Hall–Kier alpha value is -2.93. The highest BCUT2D eigenvalue weighted by Gasteiger charge is 2.31. The lowest BCUT2D eigenvalue weighted by Crippen LogP contribution is -2.29. The van der Waals surface area contributed by atoms with Crippen molar-refractivity contribution in [1.29, 1.82) is 5.41 Å². The maximum absolute atomic E-state index is 11.9. The van der Waals surface area contributed by atoms with Crippen molar-refractivity contribution >= 4 is 18.0 Å². The lowest BCUT2D eigenvalue weighted by atomic mass is 9.97. The number of ether oxygens (including phenoxy) is 2. The van der Waals surface area contributed by atoms with Gasteiger partial charge in [0, 0.05) is 29.6 Å². The standard InChI is InChI=1S/C22H29N3O4/c1-13-17(11-23)20(24-12-15-7-9-16(28-6)10-8-15)25-14(2)18(13)19(21(26)27)29-22(3,4)5/h7-11,19,23H,12H2,1-6H3,(H,24,25)(H,26,27). The lowest BCUT2D eigenvalue weighted by molar-refractivity contribution is -0.160. The smallest absolute Gasteiger partial charge is 0.337 e. The Morgan fingerprint density at radius 3 is 2.38 bits per heavy atom. The number of nitrogens with one attached hydrogen (secondary N) is 2. The van der Waals surface area contributed by atoms with Crippen LogP contribution in [0.15, 0.2) is 24.3 Å². The molecule has 1 atom stereocenters. The molecule has 7 nitrogen and oxygen atoms in total.